The lowest BCUT2D eigenvalue weighted by Gasteiger charge is -2.58. The SMILES string of the molecule is Cn1c(C(=O)NC2[C@@H]3CC4C[C@H]2CC(C(N)=O)(C4)C3)ccc1-c1ccccc1Cl. The third-order valence-corrected chi connectivity index (χ3v) is 7.93. The van der Waals surface area contributed by atoms with E-state index in [2.05, 4.69) is 5.32 Å². The van der Waals surface area contributed by atoms with Gasteiger partial charge in [-0.3, -0.25) is 9.59 Å². The van der Waals surface area contributed by atoms with Gasteiger partial charge in [0.15, 0.2) is 0 Å². The second-order valence-corrected chi connectivity index (χ2v) is 9.66. The van der Waals surface area contributed by atoms with E-state index in [1.165, 1.54) is 0 Å². The lowest BCUT2D eigenvalue weighted by atomic mass is 9.47. The Balaban J connectivity index is 1.37. The van der Waals surface area contributed by atoms with Crippen molar-refractivity contribution in [3.63, 3.8) is 0 Å². The molecule has 4 aliphatic carbocycles. The standard InChI is InChI=1S/C23H26ClN3O2/c1-27-18(16-4-2-3-5-17(16)24)6-7-19(27)21(28)26-20-14-8-13-9-15(20)12-23(10-13,11-14)22(25)29/h2-7,13-15,20H,8-12H2,1H3,(H2,25,29)(H,26,28)/t13?,14-,15+,20?,23?. The number of primary amides is 1. The van der Waals surface area contributed by atoms with Crippen molar-refractivity contribution in [3.8, 4) is 11.3 Å². The largest absolute Gasteiger partial charge is 0.369 e. The molecular weight excluding hydrogens is 386 g/mol. The summed E-state index contributed by atoms with van der Waals surface area (Å²) >= 11 is 6.34. The molecule has 4 aliphatic rings. The number of nitrogens with one attached hydrogen (secondary N) is 1. The van der Waals surface area contributed by atoms with Crippen molar-refractivity contribution in [1.82, 2.24) is 9.88 Å². The van der Waals surface area contributed by atoms with Crippen LogP contribution in [-0.4, -0.2) is 22.4 Å². The van der Waals surface area contributed by atoms with Crippen LogP contribution in [-0.2, 0) is 11.8 Å². The van der Waals surface area contributed by atoms with Gasteiger partial charge in [-0.25, -0.2) is 0 Å². The van der Waals surface area contributed by atoms with Crippen LogP contribution in [0.15, 0.2) is 36.4 Å². The molecule has 3 N–H and O–H groups in total. The van der Waals surface area contributed by atoms with E-state index in [4.69, 9.17) is 17.3 Å². The van der Waals surface area contributed by atoms with E-state index in [-0.39, 0.29) is 23.3 Å². The Kier molecular flexibility index (Phi) is 4.28. The van der Waals surface area contributed by atoms with Crippen LogP contribution >= 0.6 is 11.6 Å². The molecule has 4 fully saturated rings. The first kappa shape index (κ1) is 18.7. The van der Waals surface area contributed by atoms with Gasteiger partial charge in [0, 0.05) is 34.8 Å². The van der Waals surface area contributed by atoms with Gasteiger partial charge in [-0.1, -0.05) is 29.8 Å². The lowest BCUT2D eigenvalue weighted by molar-refractivity contribution is -0.145. The van der Waals surface area contributed by atoms with Gasteiger partial charge in [-0.15, -0.1) is 0 Å². The normalized spacial score (nSPS) is 32.3. The zero-order valence-corrected chi connectivity index (χ0v) is 17.3. The number of aromatic nitrogens is 1. The molecule has 2 amide bonds. The van der Waals surface area contributed by atoms with Gasteiger partial charge in [-0.05, 0) is 68.1 Å². The molecule has 4 saturated carbocycles. The first-order valence-electron chi connectivity index (χ1n) is 10.4. The minimum Gasteiger partial charge on any atom is -0.369 e. The fourth-order valence-corrected chi connectivity index (χ4v) is 6.70. The summed E-state index contributed by atoms with van der Waals surface area (Å²) in [6, 6.07) is 11.6. The van der Waals surface area contributed by atoms with Crippen molar-refractivity contribution < 1.29 is 9.59 Å². The van der Waals surface area contributed by atoms with E-state index in [9.17, 15) is 9.59 Å². The second-order valence-electron chi connectivity index (χ2n) is 9.26. The molecule has 0 aliphatic heterocycles. The highest BCUT2D eigenvalue weighted by molar-refractivity contribution is 6.33. The fraction of sp³-hybridized carbons (Fsp3) is 0.478. The number of nitrogens with zero attached hydrogens (tertiary/aromatic N) is 1. The molecule has 2 aromatic rings. The minimum atomic E-state index is -0.333. The Morgan fingerprint density at radius 2 is 1.79 bits per heavy atom. The summed E-state index contributed by atoms with van der Waals surface area (Å²) in [4.78, 5) is 25.3. The number of hydrogen-bond acceptors (Lipinski definition) is 2. The van der Waals surface area contributed by atoms with E-state index < -0.39 is 0 Å². The topological polar surface area (TPSA) is 77.1 Å². The number of hydrogen-bond donors (Lipinski definition) is 2. The average molecular weight is 412 g/mol. The van der Waals surface area contributed by atoms with Gasteiger partial charge in [0.05, 0.1) is 0 Å². The first-order chi connectivity index (χ1) is 13.9. The van der Waals surface area contributed by atoms with Crippen molar-refractivity contribution in [3.05, 3.63) is 47.1 Å². The molecule has 6 rings (SSSR count). The highest BCUT2D eigenvalue weighted by Gasteiger charge is 2.58. The van der Waals surface area contributed by atoms with Crippen LogP contribution in [0.5, 0.6) is 0 Å². The highest BCUT2D eigenvalue weighted by Crippen LogP contribution is 2.59. The first-order valence-corrected chi connectivity index (χ1v) is 10.8. The molecule has 5 nitrogen and oxygen atoms in total. The smallest absolute Gasteiger partial charge is 0.268 e. The molecular formula is C23H26ClN3O2. The third-order valence-electron chi connectivity index (χ3n) is 7.60. The molecule has 4 bridgehead atoms. The number of nitrogens with two attached hydrogens (primary N) is 1. The molecule has 0 spiro atoms. The summed E-state index contributed by atoms with van der Waals surface area (Å²) in [5.41, 5.74) is 7.90. The molecule has 1 aromatic carbocycles. The molecule has 0 radical (unpaired) electrons. The molecule has 6 heteroatoms. The quantitative estimate of drug-likeness (QED) is 0.803. The Labute approximate surface area is 175 Å². The summed E-state index contributed by atoms with van der Waals surface area (Å²) in [7, 11) is 1.90. The van der Waals surface area contributed by atoms with Crippen LogP contribution in [0.2, 0.25) is 5.02 Å². The van der Waals surface area contributed by atoms with Crippen molar-refractivity contribution in [2.75, 3.05) is 0 Å². The van der Waals surface area contributed by atoms with Crippen LogP contribution in [0.25, 0.3) is 11.3 Å². The predicted octanol–water partition coefficient (Wildman–Crippen LogP) is 3.76. The predicted molar refractivity (Wildman–Crippen MR) is 112 cm³/mol. The number of benzene rings is 1. The van der Waals surface area contributed by atoms with Crippen LogP contribution in [0, 0.1) is 23.2 Å². The van der Waals surface area contributed by atoms with E-state index in [1.54, 1.807) is 0 Å². The van der Waals surface area contributed by atoms with Crippen molar-refractivity contribution in [1.29, 1.82) is 0 Å². The summed E-state index contributed by atoms with van der Waals surface area (Å²) < 4.78 is 1.90. The van der Waals surface area contributed by atoms with E-state index in [0.717, 1.165) is 43.4 Å². The fourth-order valence-electron chi connectivity index (χ4n) is 6.47. The number of rotatable bonds is 4. The molecule has 29 heavy (non-hydrogen) atoms. The van der Waals surface area contributed by atoms with Crippen LogP contribution in [0.4, 0.5) is 0 Å². The molecule has 0 saturated heterocycles. The van der Waals surface area contributed by atoms with Crippen molar-refractivity contribution in [2.45, 2.75) is 38.1 Å². The number of carbonyl (C=O) groups is 2. The number of amides is 2. The summed E-state index contributed by atoms with van der Waals surface area (Å²) in [6.07, 6.45) is 4.76. The van der Waals surface area contributed by atoms with Crippen LogP contribution in [0.3, 0.4) is 0 Å². The number of halogens is 1. The molecule has 1 heterocycles. The van der Waals surface area contributed by atoms with Gasteiger partial charge in [0.2, 0.25) is 5.91 Å². The van der Waals surface area contributed by atoms with Crippen molar-refractivity contribution >= 4 is 23.4 Å². The monoisotopic (exact) mass is 411 g/mol. The Bertz CT molecular complexity index is 982. The highest BCUT2D eigenvalue weighted by atomic mass is 35.5. The molecule has 152 valence electrons. The third kappa shape index (κ3) is 2.90. The number of carbonyl (C=O) groups excluding carboxylic acids is 2. The van der Waals surface area contributed by atoms with Gasteiger partial charge >= 0.3 is 0 Å². The summed E-state index contributed by atoms with van der Waals surface area (Å²) in [5, 5.41) is 3.98. The molecule has 3 unspecified atom stereocenters. The zero-order valence-electron chi connectivity index (χ0n) is 16.5. The summed E-state index contributed by atoms with van der Waals surface area (Å²) in [6.45, 7) is 0. The van der Waals surface area contributed by atoms with Crippen LogP contribution in [0.1, 0.15) is 42.6 Å². The maximum absolute atomic E-state index is 13.1. The van der Waals surface area contributed by atoms with Crippen LogP contribution < -0.4 is 11.1 Å². The van der Waals surface area contributed by atoms with Gasteiger partial charge < -0.3 is 15.6 Å². The summed E-state index contributed by atoms with van der Waals surface area (Å²) in [5.74, 6) is 1.07. The Hall–Kier alpha value is -2.27. The maximum atomic E-state index is 13.1. The van der Waals surface area contributed by atoms with Gasteiger partial charge in [0.1, 0.15) is 5.69 Å². The lowest BCUT2D eigenvalue weighted by Crippen LogP contribution is -2.62. The molecule has 1 aromatic heterocycles. The van der Waals surface area contributed by atoms with Gasteiger partial charge in [0.25, 0.3) is 5.91 Å². The zero-order chi connectivity index (χ0) is 20.3. The van der Waals surface area contributed by atoms with E-state index >= 15 is 0 Å². The maximum Gasteiger partial charge on any atom is 0.268 e. The second kappa shape index (κ2) is 6.63. The van der Waals surface area contributed by atoms with E-state index in [0.29, 0.717) is 28.5 Å². The van der Waals surface area contributed by atoms with Gasteiger partial charge in [-0.2, -0.15) is 0 Å². The van der Waals surface area contributed by atoms with Crippen molar-refractivity contribution in [2.24, 2.45) is 36.0 Å². The van der Waals surface area contributed by atoms with E-state index in [1.807, 2.05) is 48.0 Å². The molecule has 5 atom stereocenters. The Morgan fingerprint density at radius 1 is 1.10 bits per heavy atom. The average Bonchev–Trinajstić information content (AvgIpc) is 3.05. The minimum absolute atomic E-state index is 0.0589. The Morgan fingerprint density at radius 3 is 2.45 bits per heavy atom.